The summed E-state index contributed by atoms with van der Waals surface area (Å²) in [5.74, 6) is 0.890. The van der Waals surface area contributed by atoms with E-state index in [1.807, 2.05) is 35.2 Å². The normalized spacial score (nSPS) is 21.9. The molecule has 1 atom stereocenters. The van der Waals surface area contributed by atoms with Gasteiger partial charge in [-0.15, -0.1) is 0 Å². The fourth-order valence-corrected chi connectivity index (χ4v) is 4.18. The van der Waals surface area contributed by atoms with Gasteiger partial charge in [0.1, 0.15) is 0 Å². The number of benzene rings is 1. The molecule has 0 saturated carbocycles. The van der Waals surface area contributed by atoms with Gasteiger partial charge in [-0.05, 0) is 6.92 Å². The van der Waals surface area contributed by atoms with E-state index in [1.54, 1.807) is 6.92 Å². The van der Waals surface area contributed by atoms with Gasteiger partial charge in [-0.1, -0.05) is 30.3 Å². The van der Waals surface area contributed by atoms with Crippen molar-refractivity contribution in [2.24, 2.45) is 0 Å². The van der Waals surface area contributed by atoms with Crippen LogP contribution >= 0.6 is 11.5 Å². The van der Waals surface area contributed by atoms with Gasteiger partial charge in [0.05, 0.1) is 11.0 Å². The smallest absolute Gasteiger partial charge is 0.205 e. The predicted molar refractivity (Wildman–Crippen MR) is 80.8 cm³/mol. The van der Waals surface area contributed by atoms with Crippen molar-refractivity contribution in [3.63, 3.8) is 0 Å². The molecular weight excluding hydrogens is 294 g/mol. The first-order chi connectivity index (χ1) is 9.56. The molecule has 3 rings (SSSR count). The van der Waals surface area contributed by atoms with E-state index in [0.29, 0.717) is 18.9 Å². The highest BCUT2D eigenvalue weighted by Crippen LogP contribution is 2.26. The molecule has 0 bridgehead atoms. The fraction of sp³-hybridized carbons (Fsp3) is 0.385. The number of sulfone groups is 1. The van der Waals surface area contributed by atoms with Crippen molar-refractivity contribution >= 4 is 26.5 Å². The summed E-state index contributed by atoms with van der Waals surface area (Å²) in [5.41, 5.74) is 0.979. The molecule has 1 aliphatic rings. The number of hydrogen-bond acceptors (Lipinski definition) is 6. The Morgan fingerprint density at radius 3 is 2.75 bits per heavy atom. The highest BCUT2D eigenvalue weighted by molar-refractivity contribution is 7.92. The second-order valence-corrected chi connectivity index (χ2v) is 8.16. The van der Waals surface area contributed by atoms with Crippen LogP contribution in [0.5, 0.6) is 0 Å². The number of aromatic nitrogens is 2. The van der Waals surface area contributed by atoms with Crippen molar-refractivity contribution in [2.75, 3.05) is 23.7 Å². The largest absolute Gasteiger partial charge is 0.345 e. The summed E-state index contributed by atoms with van der Waals surface area (Å²) in [5, 5.41) is 0.450. The summed E-state index contributed by atoms with van der Waals surface area (Å²) >= 11 is 1.32. The molecule has 2 aromatic rings. The Kier molecular flexibility index (Phi) is 3.47. The topological polar surface area (TPSA) is 63.2 Å². The minimum atomic E-state index is -2.93. The van der Waals surface area contributed by atoms with Crippen molar-refractivity contribution in [3.05, 3.63) is 30.3 Å². The minimum absolute atomic E-state index is 0.189. The third kappa shape index (κ3) is 2.55. The van der Waals surface area contributed by atoms with Crippen LogP contribution in [-0.4, -0.2) is 41.9 Å². The molecule has 0 amide bonds. The van der Waals surface area contributed by atoms with Crippen molar-refractivity contribution in [3.8, 4) is 11.4 Å². The van der Waals surface area contributed by atoms with E-state index >= 15 is 0 Å². The standard InChI is InChI=1S/C13H15N3O2S2/c1-10-9-16(7-8-20(10,17)18)13-14-12(15-19-13)11-5-3-2-4-6-11/h2-6,10H,7-9H2,1H3. The monoisotopic (exact) mass is 309 g/mol. The zero-order valence-electron chi connectivity index (χ0n) is 11.1. The lowest BCUT2D eigenvalue weighted by atomic mass is 10.2. The summed E-state index contributed by atoms with van der Waals surface area (Å²) in [4.78, 5) is 6.53. The molecule has 106 valence electrons. The van der Waals surface area contributed by atoms with Gasteiger partial charge in [0, 0.05) is 30.2 Å². The van der Waals surface area contributed by atoms with E-state index in [1.165, 1.54) is 11.5 Å². The van der Waals surface area contributed by atoms with Gasteiger partial charge >= 0.3 is 0 Å². The summed E-state index contributed by atoms with van der Waals surface area (Å²) < 4.78 is 27.8. The average molecular weight is 309 g/mol. The lowest BCUT2D eigenvalue weighted by Crippen LogP contribution is -2.45. The first-order valence-corrected chi connectivity index (χ1v) is 8.91. The molecule has 0 radical (unpaired) electrons. The molecule has 1 aromatic carbocycles. The Morgan fingerprint density at radius 2 is 2.05 bits per heavy atom. The predicted octanol–water partition coefficient (Wildman–Crippen LogP) is 1.83. The quantitative estimate of drug-likeness (QED) is 0.847. The number of anilines is 1. The lowest BCUT2D eigenvalue weighted by Gasteiger charge is -2.30. The Hall–Kier alpha value is -1.47. The molecule has 7 heteroatoms. The van der Waals surface area contributed by atoms with Crippen LogP contribution in [0, 0.1) is 0 Å². The van der Waals surface area contributed by atoms with Gasteiger partial charge in [0.25, 0.3) is 0 Å². The summed E-state index contributed by atoms with van der Waals surface area (Å²) in [6.07, 6.45) is 0. The molecule has 0 N–H and O–H groups in total. The molecule has 20 heavy (non-hydrogen) atoms. The Balaban J connectivity index is 1.82. The highest BCUT2D eigenvalue weighted by Gasteiger charge is 2.30. The molecule has 1 unspecified atom stereocenters. The first-order valence-electron chi connectivity index (χ1n) is 6.42. The van der Waals surface area contributed by atoms with Gasteiger partial charge in [0.15, 0.2) is 15.7 Å². The third-order valence-electron chi connectivity index (χ3n) is 3.45. The van der Waals surface area contributed by atoms with Crippen molar-refractivity contribution in [2.45, 2.75) is 12.2 Å². The first kappa shape index (κ1) is 13.5. The zero-order chi connectivity index (χ0) is 14.2. The van der Waals surface area contributed by atoms with Crippen LogP contribution in [0.2, 0.25) is 0 Å². The Bertz CT molecular complexity index is 697. The number of nitrogens with zero attached hydrogens (tertiary/aromatic N) is 3. The second-order valence-electron chi connectivity index (χ2n) is 4.89. The molecule has 5 nitrogen and oxygen atoms in total. The SMILES string of the molecule is CC1CN(c2nc(-c3ccccc3)ns2)CCS1(=O)=O. The fourth-order valence-electron chi connectivity index (χ4n) is 2.18. The third-order valence-corrected chi connectivity index (χ3v) is 6.36. The maximum absolute atomic E-state index is 11.7. The van der Waals surface area contributed by atoms with E-state index in [2.05, 4.69) is 9.36 Å². The molecule has 0 aliphatic carbocycles. The van der Waals surface area contributed by atoms with Crippen LogP contribution in [0.1, 0.15) is 6.92 Å². The minimum Gasteiger partial charge on any atom is -0.345 e. The van der Waals surface area contributed by atoms with Crippen LogP contribution in [-0.2, 0) is 9.84 Å². The van der Waals surface area contributed by atoms with E-state index < -0.39 is 9.84 Å². The molecule has 1 fully saturated rings. The molecule has 1 saturated heterocycles. The van der Waals surface area contributed by atoms with Gasteiger partial charge in [0.2, 0.25) is 5.13 Å². The van der Waals surface area contributed by atoms with E-state index in [4.69, 9.17) is 0 Å². The molecular formula is C13H15N3O2S2. The average Bonchev–Trinajstić information content (AvgIpc) is 2.93. The van der Waals surface area contributed by atoms with Crippen molar-refractivity contribution in [1.29, 1.82) is 0 Å². The Labute approximate surface area is 122 Å². The summed E-state index contributed by atoms with van der Waals surface area (Å²) in [6.45, 7) is 2.74. The maximum atomic E-state index is 11.7. The van der Waals surface area contributed by atoms with E-state index in [0.717, 1.165) is 10.7 Å². The van der Waals surface area contributed by atoms with Crippen LogP contribution in [0.25, 0.3) is 11.4 Å². The molecule has 1 aromatic heterocycles. The maximum Gasteiger partial charge on any atom is 0.205 e. The van der Waals surface area contributed by atoms with E-state index in [-0.39, 0.29) is 11.0 Å². The molecule has 0 spiro atoms. The van der Waals surface area contributed by atoms with Gasteiger partial charge < -0.3 is 4.90 Å². The lowest BCUT2D eigenvalue weighted by molar-refractivity contribution is 0.569. The van der Waals surface area contributed by atoms with E-state index in [9.17, 15) is 8.42 Å². The van der Waals surface area contributed by atoms with Crippen LogP contribution < -0.4 is 4.90 Å². The van der Waals surface area contributed by atoms with Crippen molar-refractivity contribution in [1.82, 2.24) is 9.36 Å². The molecule has 1 aliphatic heterocycles. The number of hydrogen-bond donors (Lipinski definition) is 0. The van der Waals surface area contributed by atoms with Crippen molar-refractivity contribution < 1.29 is 8.42 Å². The van der Waals surface area contributed by atoms with Crippen LogP contribution in [0.4, 0.5) is 5.13 Å². The van der Waals surface area contributed by atoms with Gasteiger partial charge in [-0.3, -0.25) is 0 Å². The van der Waals surface area contributed by atoms with Crippen LogP contribution in [0.15, 0.2) is 30.3 Å². The van der Waals surface area contributed by atoms with Gasteiger partial charge in [-0.2, -0.15) is 9.36 Å². The van der Waals surface area contributed by atoms with Crippen LogP contribution in [0.3, 0.4) is 0 Å². The van der Waals surface area contributed by atoms with Gasteiger partial charge in [-0.25, -0.2) is 8.42 Å². The summed E-state index contributed by atoms with van der Waals surface area (Å²) in [7, 11) is -2.93. The summed E-state index contributed by atoms with van der Waals surface area (Å²) in [6, 6.07) is 9.79. The molecule has 2 heterocycles. The second kappa shape index (κ2) is 5.14. The highest BCUT2D eigenvalue weighted by atomic mass is 32.2. The zero-order valence-corrected chi connectivity index (χ0v) is 12.7. The Morgan fingerprint density at radius 1 is 1.30 bits per heavy atom. The number of rotatable bonds is 2.